The average molecular weight is 1730 g/mol. The van der Waals surface area contributed by atoms with Crippen molar-refractivity contribution in [3.05, 3.63) is 160 Å². The lowest BCUT2D eigenvalue weighted by molar-refractivity contribution is -0.00938. The van der Waals surface area contributed by atoms with Gasteiger partial charge in [0, 0.05) is 94.1 Å². The highest BCUT2D eigenvalue weighted by atomic mass is 35.5. The molecule has 17 N–H and O–H groups in total. The number of pyridine rings is 4. The van der Waals surface area contributed by atoms with Gasteiger partial charge in [0.05, 0.1) is 154 Å². The predicted octanol–water partition coefficient (Wildman–Crippen LogP) is 8.45. The van der Waals surface area contributed by atoms with E-state index in [9.17, 15) is 40.9 Å². The molecule has 12 aromatic rings. The first kappa shape index (κ1) is 99.1. The van der Waals surface area contributed by atoms with Crippen LogP contribution in [0.2, 0.25) is 20.6 Å². The Morgan fingerprint density at radius 3 is 0.833 bits per heavy atom. The van der Waals surface area contributed by atoms with E-state index in [4.69, 9.17) is 93.4 Å². The van der Waals surface area contributed by atoms with E-state index in [1.807, 2.05) is 69.1 Å². The fourth-order valence-corrected chi connectivity index (χ4v) is 13.2. The molecule has 12 heterocycles. The number of nitrogens with two attached hydrogens (primary N) is 4. The molecule has 640 valence electrons. The number of aryl methyl sites for hydroxylation is 4. The van der Waals surface area contributed by atoms with Crippen molar-refractivity contribution in [2.24, 2.45) is 0 Å². The van der Waals surface area contributed by atoms with E-state index in [0.29, 0.717) is 92.6 Å². The molecule has 0 saturated heterocycles. The molecule has 12 rings (SSSR count). The Bertz CT molecular complexity index is 5820. The summed E-state index contributed by atoms with van der Waals surface area (Å²) in [6.45, 7) is 16.9. The number of hydrogen-bond acceptors (Lipinski definition) is 29. The zero-order valence-electron chi connectivity index (χ0n) is 65.7. The maximum Gasteiger partial charge on any atom is 0.223 e. The number of rotatable bonds is 17. The van der Waals surface area contributed by atoms with Gasteiger partial charge in [-0.3, -0.25) is 19.9 Å². The second-order valence-electron chi connectivity index (χ2n) is 27.1. The highest BCUT2D eigenvalue weighted by molar-refractivity contribution is 6.36. The standard InChI is InChI=1S/C20H22ClN5O4.2C20H22ClN5O3.C19H20ClN5O3.4CH4/c1-11-6-23-14(12(2)16(11)30-3)8-26-7-13(4-5-20(29,9-27)10-28)15-17(21)24-19(22)25-18(15)26;2*1-11-7-23-14(12(2)16(11)29-4)9-26-8-13(5-6-20(3,28)10-27)15-17(21)24-19(22)25-18(15)26;1-10-6-22-14(11(2)16(10)28-3)8-25-7-12(4-5-13(27)9-26)15-17(20)23-19(21)24-18(15)25;;;;/h6-7,27-29H,8-10H2,1-3H3,(H2,22,24,25);2*7-8,27-28H,9-10H2,1-4H3,(H2,22,24,25);6-7,13,26-27H,8-9H2,1-3H3,(H2,21,23,24);4*1H4/t;2*20-;13-;;;;/m.101..../s1. The lowest BCUT2D eigenvalue weighted by Gasteiger charge is -2.14. The van der Waals surface area contributed by atoms with Crippen molar-refractivity contribution in [1.82, 2.24) is 78.1 Å². The SMILES string of the molecule is C.C.C.C.COc1c(C)cnc(Cn2cc(C#CC(O)(CO)CO)c3c(Cl)nc(N)nc32)c1C.COc1c(C)cnc(Cn2cc(C#C[C@@H](O)CO)c3c(Cl)nc(N)nc32)c1C.COc1c(C)cnc(Cn2cc(C#C[C@@](C)(O)CO)c3c(Cl)nc(N)nc32)c1C.COc1c(C)cnc(Cn2cc(C#C[C@](C)(O)CO)c3c(Cl)nc(N)nc32)c1C. The van der Waals surface area contributed by atoms with Gasteiger partial charge in [-0.2, -0.15) is 19.9 Å². The fraction of sp³-hybridized carbons (Fsp3) is 0.373. The second-order valence-corrected chi connectivity index (χ2v) is 28.5. The summed E-state index contributed by atoms with van der Waals surface area (Å²) >= 11 is 25.2. The van der Waals surface area contributed by atoms with Gasteiger partial charge in [0.25, 0.3) is 0 Å². The predicted molar refractivity (Wildman–Crippen MR) is 467 cm³/mol. The summed E-state index contributed by atoms with van der Waals surface area (Å²) in [5.41, 5.74) is 32.5. The van der Waals surface area contributed by atoms with Gasteiger partial charge in [0.1, 0.15) is 83.5 Å². The van der Waals surface area contributed by atoms with E-state index in [1.54, 1.807) is 82.6 Å². The molecule has 0 fully saturated rings. The number of aliphatic hydroxyl groups excluding tert-OH is 6. The Kier molecular flexibility index (Phi) is 34.6. The minimum absolute atomic E-state index is 0. The Hall–Kier alpha value is -11.5. The van der Waals surface area contributed by atoms with Crippen LogP contribution in [-0.4, -0.2) is 208 Å². The molecule has 3 atom stereocenters. The number of ether oxygens (including phenoxy) is 4. The maximum absolute atomic E-state index is 10.0. The zero-order chi connectivity index (χ0) is 85.2. The number of hydrogen-bond donors (Lipinski definition) is 13. The number of nitrogen functional groups attached to an aromatic ring is 4. The molecule has 0 aliphatic rings. The molecule has 120 heavy (non-hydrogen) atoms. The van der Waals surface area contributed by atoms with Crippen LogP contribution in [0.25, 0.3) is 44.1 Å². The first-order chi connectivity index (χ1) is 54.9. The third-order valence-electron chi connectivity index (χ3n) is 18.1. The van der Waals surface area contributed by atoms with Gasteiger partial charge in [-0.25, -0.2) is 19.9 Å². The second kappa shape index (κ2) is 42.0. The number of methoxy groups -OCH3 is 4. The van der Waals surface area contributed by atoms with Crippen LogP contribution in [0, 0.1) is 103 Å². The summed E-state index contributed by atoms with van der Waals surface area (Å²) in [6, 6.07) is 0. The number of anilines is 4. The average Bonchev–Trinajstić information content (AvgIpc) is 1.64. The molecule has 0 aliphatic heterocycles. The lowest BCUT2D eigenvalue weighted by atomic mass is 10.1. The van der Waals surface area contributed by atoms with Crippen LogP contribution >= 0.6 is 46.4 Å². The van der Waals surface area contributed by atoms with Gasteiger partial charge < -0.3 is 106 Å². The maximum atomic E-state index is 10.0. The molecule has 0 bridgehead atoms. The van der Waals surface area contributed by atoms with Crippen molar-refractivity contribution in [3.63, 3.8) is 0 Å². The van der Waals surface area contributed by atoms with E-state index in [0.717, 1.165) is 90.3 Å². The van der Waals surface area contributed by atoms with Crippen molar-refractivity contribution < 1.29 is 64.9 Å². The molecule has 0 unspecified atom stereocenters. The first-order valence-electron chi connectivity index (χ1n) is 35.2. The van der Waals surface area contributed by atoms with Crippen LogP contribution in [0.4, 0.5) is 23.8 Å². The summed E-state index contributed by atoms with van der Waals surface area (Å²) in [5, 5.41) is 88.1. The lowest BCUT2D eigenvalue weighted by Crippen LogP contribution is -2.35. The Morgan fingerprint density at radius 2 is 0.617 bits per heavy atom. The Balaban J connectivity index is 0.000000282. The van der Waals surface area contributed by atoms with Crippen LogP contribution in [0.3, 0.4) is 0 Å². The molecule has 0 saturated carbocycles. The summed E-state index contributed by atoms with van der Waals surface area (Å²) in [5.74, 6) is 24.8. The van der Waals surface area contributed by atoms with Crippen molar-refractivity contribution in [2.45, 2.75) is 148 Å². The third kappa shape index (κ3) is 22.5. The number of aliphatic hydroxyl groups is 9. The number of halogens is 4. The fourth-order valence-electron chi connectivity index (χ4n) is 12.1. The monoisotopic (exact) mass is 1730 g/mol. The largest absolute Gasteiger partial charge is 0.496 e. The first-order valence-corrected chi connectivity index (χ1v) is 36.7. The smallest absolute Gasteiger partial charge is 0.223 e. The third-order valence-corrected chi connectivity index (χ3v) is 19.2. The van der Waals surface area contributed by atoms with Crippen LogP contribution in [-0.2, 0) is 26.2 Å². The molecule has 33 nitrogen and oxygen atoms in total. The normalized spacial score (nSPS) is 12.0. The van der Waals surface area contributed by atoms with Crippen molar-refractivity contribution in [3.8, 4) is 70.4 Å². The number of aromatic nitrogens is 16. The van der Waals surface area contributed by atoms with Crippen LogP contribution < -0.4 is 41.9 Å². The zero-order valence-corrected chi connectivity index (χ0v) is 68.7. The molecule has 0 amide bonds. The van der Waals surface area contributed by atoms with E-state index >= 15 is 0 Å². The highest BCUT2D eigenvalue weighted by Gasteiger charge is 2.26. The summed E-state index contributed by atoms with van der Waals surface area (Å²) in [7, 11) is 6.48. The van der Waals surface area contributed by atoms with Gasteiger partial charge in [0.15, 0.2) is 5.60 Å². The summed E-state index contributed by atoms with van der Waals surface area (Å²) < 4.78 is 29.1. The van der Waals surface area contributed by atoms with Gasteiger partial charge >= 0.3 is 0 Å². The summed E-state index contributed by atoms with van der Waals surface area (Å²) in [6.07, 6.45) is 12.8. The Morgan fingerprint density at radius 1 is 0.383 bits per heavy atom. The van der Waals surface area contributed by atoms with Crippen LogP contribution in [0.15, 0.2) is 49.6 Å². The molecule has 0 aromatic carbocycles. The van der Waals surface area contributed by atoms with Crippen molar-refractivity contribution in [1.29, 1.82) is 0 Å². The quantitative estimate of drug-likeness (QED) is 0.0300. The number of fused-ring (bicyclic) bond motifs is 4. The Labute approximate surface area is 715 Å². The van der Waals surface area contributed by atoms with Crippen LogP contribution in [0.5, 0.6) is 23.0 Å². The molecule has 0 aliphatic carbocycles. The van der Waals surface area contributed by atoms with E-state index < -0.39 is 55.9 Å². The number of nitrogens with zero attached hydrogens (tertiary/aromatic N) is 16. The molecule has 0 spiro atoms. The molecule has 12 aromatic heterocycles. The van der Waals surface area contributed by atoms with Crippen molar-refractivity contribution in [2.75, 3.05) is 84.4 Å². The van der Waals surface area contributed by atoms with Crippen LogP contribution in [0.1, 0.15) is 133 Å². The minimum Gasteiger partial charge on any atom is -0.496 e. The van der Waals surface area contributed by atoms with Crippen molar-refractivity contribution >= 4 is 114 Å². The van der Waals surface area contributed by atoms with E-state index in [-0.39, 0.29) is 74.1 Å². The highest BCUT2D eigenvalue weighted by Crippen LogP contribution is 2.36. The topological polar surface area (TPSA) is 497 Å². The molecular weight excluding hydrogens is 1630 g/mol. The molecular formula is C83H102Cl4N20O13. The summed E-state index contributed by atoms with van der Waals surface area (Å²) in [4.78, 5) is 51.3. The molecule has 0 radical (unpaired) electrons. The van der Waals surface area contributed by atoms with E-state index in [1.165, 1.54) is 13.8 Å². The minimum atomic E-state index is -1.95. The van der Waals surface area contributed by atoms with Gasteiger partial charge in [-0.1, -0.05) is 123 Å². The van der Waals surface area contributed by atoms with Gasteiger partial charge in [-0.15, -0.1) is 0 Å². The van der Waals surface area contributed by atoms with Gasteiger partial charge in [0.2, 0.25) is 23.8 Å². The van der Waals surface area contributed by atoms with E-state index in [2.05, 4.69) is 107 Å². The molecule has 37 heteroatoms. The van der Waals surface area contributed by atoms with Gasteiger partial charge in [-0.05, 0) is 69.2 Å².